The highest BCUT2D eigenvalue weighted by Crippen LogP contribution is 2.37. The molecule has 20 heavy (non-hydrogen) atoms. The van der Waals surface area contributed by atoms with E-state index in [0.29, 0.717) is 13.1 Å². The van der Waals surface area contributed by atoms with Crippen molar-refractivity contribution in [1.82, 2.24) is 5.32 Å². The summed E-state index contributed by atoms with van der Waals surface area (Å²) >= 11 is 0. The first-order chi connectivity index (χ1) is 9.36. The Balaban J connectivity index is 2.77. The average molecular weight is 291 g/mol. The molecule has 112 valence electrons. The number of hydrogen-bond acceptors (Lipinski definition) is 4. The maximum Gasteiger partial charge on any atom is 0.423 e. The first-order valence-electron chi connectivity index (χ1n) is 6.16. The largest absolute Gasteiger partial charge is 0.423 e. The van der Waals surface area contributed by atoms with E-state index in [1.807, 2.05) is 6.92 Å². The third-order valence-electron chi connectivity index (χ3n) is 2.56. The van der Waals surface area contributed by atoms with Crippen molar-refractivity contribution in [2.24, 2.45) is 0 Å². The third-order valence-corrected chi connectivity index (χ3v) is 2.56. The van der Waals surface area contributed by atoms with Crippen LogP contribution >= 0.6 is 0 Å². The molecule has 2 N–H and O–H groups in total. The molecule has 5 nitrogen and oxygen atoms in total. The van der Waals surface area contributed by atoms with Crippen molar-refractivity contribution in [1.29, 1.82) is 0 Å². The molecule has 0 atom stereocenters. The SMILES string of the molecule is CCCNCCNc1ccc([N+](=O)[O-])c(C(F)(F)F)c1. The first-order valence-corrected chi connectivity index (χ1v) is 6.16. The Labute approximate surface area is 114 Å². The molecule has 0 radical (unpaired) electrons. The van der Waals surface area contributed by atoms with Crippen molar-refractivity contribution in [2.75, 3.05) is 25.0 Å². The van der Waals surface area contributed by atoms with Gasteiger partial charge in [0.05, 0.1) is 4.92 Å². The Hall–Kier alpha value is -1.83. The minimum atomic E-state index is -4.75. The summed E-state index contributed by atoms with van der Waals surface area (Å²) in [6, 6.07) is 2.90. The second-order valence-electron chi connectivity index (χ2n) is 4.16. The molecule has 1 rings (SSSR count). The number of benzene rings is 1. The normalized spacial score (nSPS) is 11.4. The van der Waals surface area contributed by atoms with E-state index in [4.69, 9.17) is 0 Å². The smallest absolute Gasteiger partial charge is 0.384 e. The summed E-state index contributed by atoms with van der Waals surface area (Å²) in [5.41, 5.74) is -1.97. The molecule has 0 aliphatic heterocycles. The van der Waals surface area contributed by atoms with Gasteiger partial charge in [0.15, 0.2) is 0 Å². The number of rotatable bonds is 7. The zero-order chi connectivity index (χ0) is 15.2. The van der Waals surface area contributed by atoms with Gasteiger partial charge >= 0.3 is 6.18 Å². The van der Waals surface area contributed by atoms with Gasteiger partial charge < -0.3 is 10.6 Å². The first kappa shape index (κ1) is 16.2. The molecule has 0 unspecified atom stereocenters. The second-order valence-corrected chi connectivity index (χ2v) is 4.16. The second kappa shape index (κ2) is 7.09. The molecule has 0 spiro atoms. The minimum Gasteiger partial charge on any atom is -0.384 e. The lowest BCUT2D eigenvalue weighted by Crippen LogP contribution is -2.22. The fourth-order valence-corrected chi connectivity index (χ4v) is 1.63. The van der Waals surface area contributed by atoms with E-state index in [0.717, 1.165) is 25.1 Å². The molecule has 1 aromatic rings. The van der Waals surface area contributed by atoms with Crippen LogP contribution in [0.1, 0.15) is 18.9 Å². The van der Waals surface area contributed by atoms with E-state index in [-0.39, 0.29) is 5.69 Å². The van der Waals surface area contributed by atoms with E-state index in [1.54, 1.807) is 0 Å². The molecule has 0 aliphatic carbocycles. The highest BCUT2D eigenvalue weighted by molar-refractivity contribution is 5.55. The van der Waals surface area contributed by atoms with Crippen LogP contribution in [0.3, 0.4) is 0 Å². The Bertz CT molecular complexity index is 464. The number of nitrogens with zero attached hydrogens (tertiary/aromatic N) is 1. The van der Waals surface area contributed by atoms with E-state index in [9.17, 15) is 23.3 Å². The van der Waals surface area contributed by atoms with Crippen LogP contribution in [0, 0.1) is 10.1 Å². The fraction of sp³-hybridized carbons (Fsp3) is 0.500. The number of halogens is 3. The summed E-state index contributed by atoms with van der Waals surface area (Å²) in [6.45, 7) is 3.88. The molecular weight excluding hydrogens is 275 g/mol. The highest BCUT2D eigenvalue weighted by atomic mass is 19.4. The molecule has 0 amide bonds. The molecule has 1 aromatic carbocycles. The number of alkyl halides is 3. The number of hydrogen-bond donors (Lipinski definition) is 2. The van der Waals surface area contributed by atoms with Crippen molar-refractivity contribution in [2.45, 2.75) is 19.5 Å². The van der Waals surface area contributed by atoms with Gasteiger partial charge in [0.25, 0.3) is 5.69 Å². The van der Waals surface area contributed by atoms with Crippen LogP contribution in [-0.2, 0) is 6.18 Å². The van der Waals surface area contributed by atoms with Crippen LogP contribution < -0.4 is 10.6 Å². The van der Waals surface area contributed by atoms with Crippen molar-refractivity contribution in [3.8, 4) is 0 Å². The number of anilines is 1. The average Bonchev–Trinajstić information content (AvgIpc) is 2.37. The van der Waals surface area contributed by atoms with Crippen molar-refractivity contribution in [3.63, 3.8) is 0 Å². The van der Waals surface area contributed by atoms with Crippen LogP contribution in [-0.4, -0.2) is 24.6 Å². The summed E-state index contributed by atoms with van der Waals surface area (Å²) in [5, 5.41) is 16.5. The van der Waals surface area contributed by atoms with Gasteiger partial charge in [0.1, 0.15) is 5.56 Å². The van der Waals surface area contributed by atoms with E-state index < -0.39 is 22.4 Å². The van der Waals surface area contributed by atoms with Crippen LogP contribution in [0.2, 0.25) is 0 Å². The van der Waals surface area contributed by atoms with Gasteiger partial charge in [-0.25, -0.2) is 0 Å². The Morgan fingerprint density at radius 3 is 2.50 bits per heavy atom. The lowest BCUT2D eigenvalue weighted by molar-refractivity contribution is -0.388. The third kappa shape index (κ3) is 4.69. The zero-order valence-electron chi connectivity index (χ0n) is 11.0. The van der Waals surface area contributed by atoms with Crippen LogP contribution in [0.4, 0.5) is 24.5 Å². The Morgan fingerprint density at radius 1 is 1.25 bits per heavy atom. The van der Waals surface area contributed by atoms with Gasteiger partial charge in [0, 0.05) is 24.8 Å². The molecule has 0 fully saturated rings. The van der Waals surface area contributed by atoms with Crippen molar-refractivity contribution >= 4 is 11.4 Å². The monoisotopic (exact) mass is 291 g/mol. The standard InChI is InChI=1S/C12H16F3N3O2/c1-2-5-16-6-7-17-9-3-4-11(18(19)20)10(8-9)12(13,14)15/h3-4,8,16-17H,2,5-7H2,1H3. The van der Waals surface area contributed by atoms with E-state index in [1.165, 1.54) is 6.07 Å². The van der Waals surface area contributed by atoms with Crippen LogP contribution in [0.5, 0.6) is 0 Å². The molecule has 0 aromatic heterocycles. The summed E-state index contributed by atoms with van der Waals surface area (Å²) in [4.78, 5) is 9.55. The quantitative estimate of drug-likeness (QED) is 0.460. The Kier molecular flexibility index (Phi) is 5.75. The predicted molar refractivity (Wildman–Crippen MR) is 69.7 cm³/mol. The lowest BCUT2D eigenvalue weighted by Gasteiger charge is -2.11. The van der Waals surface area contributed by atoms with Gasteiger partial charge in [-0.3, -0.25) is 10.1 Å². The van der Waals surface area contributed by atoms with Gasteiger partial charge in [-0.2, -0.15) is 13.2 Å². The summed E-state index contributed by atoms with van der Waals surface area (Å²) in [7, 11) is 0. The highest BCUT2D eigenvalue weighted by Gasteiger charge is 2.38. The molecule has 0 saturated heterocycles. The maximum absolute atomic E-state index is 12.7. The fourth-order valence-electron chi connectivity index (χ4n) is 1.63. The summed E-state index contributed by atoms with van der Waals surface area (Å²) in [5.74, 6) is 0. The van der Waals surface area contributed by atoms with Crippen LogP contribution in [0.15, 0.2) is 18.2 Å². The minimum absolute atomic E-state index is 0.209. The number of nitrogens with one attached hydrogen (secondary N) is 2. The van der Waals surface area contributed by atoms with Gasteiger partial charge in [-0.15, -0.1) is 0 Å². The van der Waals surface area contributed by atoms with Gasteiger partial charge in [-0.05, 0) is 25.1 Å². The molecule has 0 saturated carbocycles. The maximum atomic E-state index is 12.7. The molecule has 8 heteroatoms. The summed E-state index contributed by atoms with van der Waals surface area (Å²) < 4.78 is 38.2. The summed E-state index contributed by atoms with van der Waals surface area (Å²) in [6.07, 6.45) is -3.78. The molecule has 0 aliphatic rings. The number of nitro groups is 1. The Morgan fingerprint density at radius 2 is 1.95 bits per heavy atom. The zero-order valence-corrected chi connectivity index (χ0v) is 11.0. The molecule has 0 heterocycles. The predicted octanol–water partition coefficient (Wildman–Crippen LogP) is 3.03. The van der Waals surface area contributed by atoms with E-state index >= 15 is 0 Å². The van der Waals surface area contributed by atoms with Crippen molar-refractivity contribution < 1.29 is 18.1 Å². The van der Waals surface area contributed by atoms with E-state index in [2.05, 4.69) is 10.6 Å². The topological polar surface area (TPSA) is 67.2 Å². The molecule has 0 bridgehead atoms. The van der Waals surface area contributed by atoms with Gasteiger partial charge in [-0.1, -0.05) is 6.92 Å². The van der Waals surface area contributed by atoms with Crippen molar-refractivity contribution in [3.05, 3.63) is 33.9 Å². The van der Waals surface area contributed by atoms with Gasteiger partial charge in [0.2, 0.25) is 0 Å². The number of nitro benzene ring substituents is 1. The van der Waals surface area contributed by atoms with Crippen LogP contribution in [0.25, 0.3) is 0 Å². The lowest BCUT2D eigenvalue weighted by atomic mass is 10.1. The molecular formula is C12H16F3N3O2.